The fraction of sp³-hybridized carbons (Fsp3) is 0.222. The van der Waals surface area contributed by atoms with Gasteiger partial charge in [-0.3, -0.25) is 4.79 Å². The van der Waals surface area contributed by atoms with Crippen molar-refractivity contribution in [3.63, 3.8) is 0 Å². The van der Waals surface area contributed by atoms with Crippen molar-refractivity contribution in [1.29, 1.82) is 0 Å². The zero-order valence-electron chi connectivity index (χ0n) is 12.2. The molecule has 3 rings (SSSR count). The highest BCUT2D eigenvalue weighted by atomic mass is 16.3. The first-order valence-corrected chi connectivity index (χ1v) is 7.43. The first kappa shape index (κ1) is 14.5. The van der Waals surface area contributed by atoms with Gasteiger partial charge in [0.2, 0.25) is 0 Å². The maximum absolute atomic E-state index is 12.0. The molecule has 0 saturated carbocycles. The van der Waals surface area contributed by atoms with Gasteiger partial charge in [0, 0.05) is 5.56 Å². The number of aliphatic hydroxyl groups excluding tert-OH is 1. The summed E-state index contributed by atoms with van der Waals surface area (Å²) in [6, 6.07) is 16.9. The largest absolute Gasteiger partial charge is 0.378 e. The normalized spacial score (nSPS) is 16.9. The maximum Gasteiger partial charge on any atom is 0.273 e. The van der Waals surface area contributed by atoms with Crippen LogP contribution in [0.1, 0.15) is 35.6 Å². The van der Waals surface area contributed by atoms with E-state index in [1.165, 1.54) is 5.56 Å². The Hall–Kier alpha value is -2.46. The van der Waals surface area contributed by atoms with Crippen LogP contribution in [-0.2, 0) is 11.2 Å². The lowest BCUT2D eigenvalue weighted by Gasteiger charge is -2.17. The summed E-state index contributed by atoms with van der Waals surface area (Å²) >= 11 is 0. The van der Waals surface area contributed by atoms with E-state index in [2.05, 4.69) is 16.6 Å². The van der Waals surface area contributed by atoms with Gasteiger partial charge in [-0.2, -0.15) is 5.10 Å². The number of nitrogens with one attached hydrogen (secondary N) is 1. The van der Waals surface area contributed by atoms with E-state index in [9.17, 15) is 9.90 Å². The molecule has 0 fully saturated rings. The van der Waals surface area contributed by atoms with E-state index in [4.69, 9.17) is 0 Å². The fourth-order valence-electron chi connectivity index (χ4n) is 2.69. The van der Waals surface area contributed by atoms with Crippen LogP contribution in [0.5, 0.6) is 0 Å². The van der Waals surface area contributed by atoms with E-state index in [-0.39, 0.29) is 0 Å². The quantitative estimate of drug-likeness (QED) is 0.855. The van der Waals surface area contributed by atoms with Crippen LogP contribution < -0.4 is 5.43 Å². The minimum Gasteiger partial charge on any atom is -0.378 e. The number of hydrogen-bond donors (Lipinski definition) is 2. The van der Waals surface area contributed by atoms with Crippen LogP contribution in [0.3, 0.4) is 0 Å². The molecule has 0 heterocycles. The van der Waals surface area contributed by atoms with Gasteiger partial charge >= 0.3 is 0 Å². The first-order valence-electron chi connectivity index (χ1n) is 7.43. The maximum atomic E-state index is 12.0. The van der Waals surface area contributed by atoms with Crippen molar-refractivity contribution in [1.82, 2.24) is 5.43 Å². The SMILES string of the molecule is O=C(NN=C1CCCc2ccccc21)[C@H](O)c1ccccc1. The van der Waals surface area contributed by atoms with Gasteiger partial charge < -0.3 is 5.11 Å². The van der Waals surface area contributed by atoms with Crippen molar-refractivity contribution < 1.29 is 9.90 Å². The number of rotatable bonds is 3. The lowest BCUT2D eigenvalue weighted by atomic mass is 9.90. The van der Waals surface area contributed by atoms with E-state index in [0.29, 0.717) is 5.56 Å². The van der Waals surface area contributed by atoms with Crippen LogP contribution in [0, 0.1) is 0 Å². The summed E-state index contributed by atoms with van der Waals surface area (Å²) in [5, 5.41) is 14.3. The second kappa shape index (κ2) is 6.54. The second-order valence-corrected chi connectivity index (χ2v) is 5.36. The summed E-state index contributed by atoms with van der Waals surface area (Å²) in [6.45, 7) is 0. The van der Waals surface area contributed by atoms with E-state index < -0.39 is 12.0 Å². The Bertz CT molecular complexity index is 695. The average molecular weight is 294 g/mol. The molecule has 1 aliphatic rings. The summed E-state index contributed by atoms with van der Waals surface area (Å²) in [6.07, 6.45) is 1.69. The molecule has 2 aromatic carbocycles. The lowest BCUT2D eigenvalue weighted by Crippen LogP contribution is -2.27. The number of amides is 1. The third kappa shape index (κ3) is 3.07. The molecule has 2 aromatic rings. The molecular weight excluding hydrogens is 276 g/mol. The smallest absolute Gasteiger partial charge is 0.273 e. The molecule has 0 bridgehead atoms. The third-order valence-corrected chi connectivity index (χ3v) is 3.85. The zero-order chi connectivity index (χ0) is 15.4. The molecular formula is C18H18N2O2. The predicted molar refractivity (Wildman–Crippen MR) is 85.5 cm³/mol. The van der Waals surface area contributed by atoms with E-state index in [0.717, 1.165) is 30.5 Å². The summed E-state index contributed by atoms with van der Waals surface area (Å²) in [4.78, 5) is 12.0. The molecule has 112 valence electrons. The molecule has 22 heavy (non-hydrogen) atoms. The molecule has 1 atom stereocenters. The highest BCUT2D eigenvalue weighted by Crippen LogP contribution is 2.21. The molecule has 0 unspecified atom stereocenters. The molecule has 4 nitrogen and oxygen atoms in total. The van der Waals surface area contributed by atoms with Gasteiger partial charge in [0.1, 0.15) is 0 Å². The van der Waals surface area contributed by atoms with Crippen molar-refractivity contribution in [3.8, 4) is 0 Å². The van der Waals surface area contributed by atoms with Crippen LogP contribution >= 0.6 is 0 Å². The second-order valence-electron chi connectivity index (χ2n) is 5.36. The minimum atomic E-state index is -1.20. The van der Waals surface area contributed by atoms with Gasteiger partial charge in [0.05, 0.1) is 5.71 Å². The fourth-order valence-corrected chi connectivity index (χ4v) is 2.69. The van der Waals surface area contributed by atoms with Crippen LogP contribution in [0.2, 0.25) is 0 Å². The number of aryl methyl sites for hydroxylation is 1. The van der Waals surface area contributed by atoms with Crippen LogP contribution in [0.15, 0.2) is 59.7 Å². The molecule has 2 N–H and O–H groups in total. The topological polar surface area (TPSA) is 61.7 Å². The lowest BCUT2D eigenvalue weighted by molar-refractivity contribution is -0.129. The van der Waals surface area contributed by atoms with Gasteiger partial charge in [0.25, 0.3) is 5.91 Å². The first-order chi connectivity index (χ1) is 10.8. The van der Waals surface area contributed by atoms with Gasteiger partial charge in [-0.25, -0.2) is 5.43 Å². The molecule has 0 aromatic heterocycles. The third-order valence-electron chi connectivity index (χ3n) is 3.85. The van der Waals surface area contributed by atoms with Crippen molar-refractivity contribution in [2.45, 2.75) is 25.4 Å². The van der Waals surface area contributed by atoms with E-state index in [1.807, 2.05) is 24.3 Å². The predicted octanol–water partition coefficient (Wildman–Crippen LogP) is 2.58. The monoisotopic (exact) mass is 294 g/mol. The number of aliphatic hydroxyl groups is 1. The van der Waals surface area contributed by atoms with E-state index >= 15 is 0 Å². The highest BCUT2D eigenvalue weighted by molar-refractivity contribution is 6.03. The van der Waals surface area contributed by atoms with Gasteiger partial charge in [-0.1, -0.05) is 54.6 Å². The minimum absolute atomic E-state index is 0.512. The number of benzene rings is 2. The zero-order valence-corrected chi connectivity index (χ0v) is 12.2. The summed E-state index contributed by atoms with van der Waals surface area (Å²) < 4.78 is 0. The Morgan fingerprint density at radius 3 is 2.59 bits per heavy atom. The van der Waals surface area contributed by atoms with Gasteiger partial charge in [-0.05, 0) is 30.4 Å². The summed E-state index contributed by atoms with van der Waals surface area (Å²) in [5.74, 6) is -0.512. The Morgan fingerprint density at radius 1 is 1.05 bits per heavy atom. The highest BCUT2D eigenvalue weighted by Gasteiger charge is 2.18. The molecule has 0 saturated heterocycles. The molecule has 4 heteroatoms. The molecule has 1 aliphatic carbocycles. The number of hydrazone groups is 1. The van der Waals surface area contributed by atoms with Gasteiger partial charge in [0.15, 0.2) is 6.10 Å². The number of fused-ring (bicyclic) bond motifs is 1. The number of carbonyl (C=O) groups excluding carboxylic acids is 1. The Morgan fingerprint density at radius 2 is 1.77 bits per heavy atom. The standard InChI is InChI=1S/C18H18N2O2/c21-17(14-8-2-1-3-9-14)18(22)20-19-16-12-6-10-13-7-4-5-11-15(13)16/h1-5,7-9,11,17,21H,6,10,12H2,(H,20,22)/t17-/m1/s1. The Balaban J connectivity index is 1.73. The van der Waals surface area contributed by atoms with Gasteiger partial charge in [-0.15, -0.1) is 0 Å². The molecule has 0 spiro atoms. The number of carbonyl (C=O) groups is 1. The number of nitrogens with zero attached hydrogens (tertiary/aromatic N) is 1. The van der Waals surface area contributed by atoms with E-state index in [1.54, 1.807) is 24.3 Å². The average Bonchev–Trinajstić information content (AvgIpc) is 2.59. The van der Waals surface area contributed by atoms with Crippen molar-refractivity contribution in [3.05, 3.63) is 71.3 Å². The van der Waals surface area contributed by atoms with Crippen LogP contribution in [-0.4, -0.2) is 16.7 Å². The molecule has 0 aliphatic heterocycles. The van der Waals surface area contributed by atoms with Crippen molar-refractivity contribution in [2.75, 3.05) is 0 Å². The summed E-state index contributed by atoms with van der Waals surface area (Å²) in [7, 11) is 0. The summed E-state index contributed by atoms with van der Waals surface area (Å²) in [5.41, 5.74) is 6.26. The Labute approximate surface area is 129 Å². The van der Waals surface area contributed by atoms with Crippen molar-refractivity contribution in [2.24, 2.45) is 5.10 Å². The van der Waals surface area contributed by atoms with Crippen LogP contribution in [0.4, 0.5) is 0 Å². The number of hydrogen-bond acceptors (Lipinski definition) is 3. The Kier molecular flexibility index (Phi) is 4.30. The molecule has 0 radical (unpaired) electrons. The van der Waals surface area contributed by atoms with Crippen LogP contribution in [0.25, 0.3) is 0 Å². The molecule has 1 amide bonds. The van der Waals surface area contributed by atoms with Crippen molar-refractivity contribution >= 4 is 11.6 Å².